The summed E-state index contributed by atoms with van der Waals surface area (Å²) in [6.07, 6.45) is 0. The van der Waals surface area contributed by atoms with Crippen molar-refractivity contribution in [2.45, 2.75) is 38.9 Å². The lowest BCUT2D eigenvalue weighted by molar-refractivity contribution is 0.00578. The molecule has 0 bridgehead atoms. The van der Waals surface area contributed by atoms with Crippen molar-refractivity contribution in [3.63, 3.8) is 0 Å². The van der Waals surface area contributed by atoms with Crippen LogP contribution in [0.15, 0.2) is 127 Å². The fraction of sp³-hybridized carbons (Fsp3) is 0.158. The Kier molecular flexibility index (Phi) is 6.12. The van der Waals surface area contributed by atoms with E-state index in [-0.39, 0.29) is 18.3 Å². The Balaban J connectivity index is 1.41. The number of fused-ring (bicyclic) bond motifs is 2. The summed E-state index contributed by atoms with van der Waals surface area (Å²) in [5, 5.41) is 5.04. The number of benzene rings is 6. The molecule has 0 aliphatic carbocycles. The fourth-order valence-electron chi connectivity index (χ4n) is 6.00. The zero-order valence-corrected chi connectivity index (χ0v) is 24.0. The van der Waals surface area contributed by atoms with Crippen molar-refractivity contribution in [3.8, 4) is 33.4 Å². The molecule has 3 heteroatoms. The zero-order chi connectivity index (χ0) is 28.2. The molecule has 1 aliphatic heterocycles. The third-order valence-corrected chi connectivity index (χ3v) is 8.92. The summed E-state index contributed by atoms with van der Waals surface area (Å²) in [6, 6.07) is 45.9. The van der Waals surface area contributed by atoms with E-state index in [9.17, 15) is 0 Å². The molecule has 200 valence electrons. The van der Waals surface area contributed by atoms with Gasteiger partial charge in [0.15, 0.2) is 0 Å². The smallest absolute Gasteiger partial charge is 0.399 e. The second-order valence-electron chi connectivity index (χ2n) is 12.0. The van der Waals surface area contributed by atoms with Crippen LogP contribution < -0.4 is 5.46 Å². The molecule has 6 aromatic carbocycles. The quantitative estimate of drug-likeness (QED) is 0.166. The molecule has 2 nitrogen and oxygen atoms in total. The molecule has 0 amide bonds. The molecule has 41 heavy (non-hydrogen) atoms. The van der Waals surface area contributed by atoms with E-state index in [2.05, 4.69) is 155 Å². The van der Waals surface area contributed by atoms with Crippen molar-refractivity contribution >= 4 is 34.1 Å². The minimum absolute atomic E-state index is 0.359. The van der Waals surface area contributed by atoms with Crippen molar-refractivity contribution < 1.29 is 9.31 Å². The van der Waals surface area contributed by atoms with E-state index in [1.54, 1.807) is 0 Å². The van der Waals surface area contributed by atoms with Crippen molar-refractivity contribution in [2.75, 3.05) is 0 Å². The summed E-state index contributed by atoms with van der Waals surface area (Å²) in [6.45, 7) is 8.37. The first-order valence-electron chi connectivity index (χ1n) is 14.4. The Labute approximate surface area is 242 Å². The highest BCUT2D eigenvalue weighted by Crippen LogP contribution is 2.44. The van der Waals surface area contributed by atoms with Crippen molar-refractivity contribution in [1.29, 1.82) is 0 Å². The first-order valence-corrected chi connectivity index (χ1v) is 14.4. The molecule has 0 radical (unpaired) electrons. The van der Waals surface area contributed by atoms with Crippen LogP contribution in [0.25, 0.3) is 54.9 Å². The summed E-state index contributed by atoms with van der Waals surface area (Å²) in [5.74, 6) is 0. The lowest BCUT2D eigenvalue weighted by atomic mass is 9.78. The van der Waals surface area contributed by atoms with Gasteiger partial charge in [-0.2, -0.15) is 0 Å². The molecule has 0 aromatic heterocycles. The monoisotopic (exact) mass is 532 g/mol. The molecule has 0 spiro atoms. The van der Waals surface area contributed by atoms with Crippen LogP contribution in [0.2, 0.25) is 0 Å². The van der Waals surface area contributed by atoms with Crippen molar-refractivity contribution in [3.05, 3.63) is 127 Å². The molecule has 0 unspecified atom stereocenters. The first kappa shape index (κ1) is 25.8. The average Bonchev–Trinajstić information content (AvgIpc) is 3.22. The molecular weight excluding hydrogens is 499 g/mol. The molecule has 0 saturated carbocycles. The van der Waals surface area contributed by atoms with E-state index in [1.807, 2.05) is 0 Å². The van der Waals surface area contributed by atoms with E-state index in [4.69, 9.17) is 9.31 Å². The van der Waals surface area contributed by atoms with Gasteiger partial charge in [0, 0.05) is 0 Å². The highest BCUT2D eigenvalue weighted by Gasteiger charge is 2.51. The average molecular weight is 532 g/mol. The molecule has 0 atom stereocenters. The van der Waals surface area contributed by atoms with Gasteiger partial charge in [0.25, 0.3) is 0 Å². The van der Waals surface area contributed by atoms with Gasteiger partial charge in [-0.3, -0.25) is 0 Å². The van der Waals surface area contributed by atoms with Crippen LogP contribution in [0.3, 0.4) is 0 Å². The number of hydrogen-bond donors (Lipinski definition) is 0. The maximum atomic E-state index is 6.29. The summed E-state index contributed by atoms with van der Waals surface area (Å²) >= 11 is 0. The van der Waals surface area contributed by atoms with Crippen LogP contribution >= 0.6 is 0 Å². The van der Waals surface area contributed by atoms with Crippen LogP contribution in [-0.2, 0) is 9.31 Å². The summed E-state index contributed by atoms with van der Waals surface area (Å²) < 4.78 is 12.6. The van der Waals surface area contributed by atoms with E-state index >= 15 is 0 Å². The Bertz CT molecular complexity index is 1860. The molecule has 1 fully saturated rings. The molecule has 1 saturated heterocycles. The lowest BCUT2D eigenvalue weighted by Crippen LogP contribution is -2.41. The third kappa shape index (κ3) is 4.37. The van der Waals surface area contributed by atoms with Gasteiger partial charge >= 0.3 is 7.12 Å². The molecule has 0 N–H and O–H groups in total. The van der Waals surface area contributed by atoms with Crippen LogP contribution in [0.1, 0.15) is 27.7 Å². The van der Waals surface area contributed by atoms with Crippen molar-refractivity contribution in [1.82, 2.24) is 0 Å². The predicted octanol–water partition coefficient (Wildman–Crippen LogP) is 9.29. The first-order chi connectivity index (χ1) is 19.8. The van der Waals surface area contributed by atoms with Gasteiger partial charge in [-0.05, 0) is 94.1 Å². The van der Waals surface area contributed by atoms with Gasteiger partial charge < -0.3 is 9.31 Å². The fourth-order valence-corrected chi connectivity index (χ4v) is 6.00. The summed E-state index contributed by atoms with van der Waals surface area (Å²) in [5.41, 5.74) is 7.67. The molecule has 1 heterocycles. The van der Waals surface area contributed by atoms with E-state index in [0.717, 1.165) is 5.46 Å². The van der Waals surface area contributed by atoms with Crippen LogP contribution in [0.4, 0.5) is 0 Å². The topological polar surface area (TPSA) is 18.5 Å². The minimum Gasteiger partial charge on any atom is -0.399 e. The molecule has 6 aromatic rings. The molecule has 7 rings (SSSR count). The Morgan fingerprint density at radius 3 is 1.39 bits per heavy atom. The van der Waals surface area contributed by atoms with Gasteiger partial charge in [0.05, 0.1) is 11.2 Å². The lowest BCUT2D eigenvalue weighted by Gasteiger charge is -2.32. The molecule has 1 aliphatic rings. The Hall–Kier alpha value is -4.18. The maximum Gasteiger partial charge on any atom is 0.494 e. The van der Waals surface area contributed by atoms with Crippen molar-refractivity contribution in [2.24, 2.45) is 0 Å². The number of rotatable bonds is 4. The number of hydrogen-bond acceptors (Lipinski definition) is 2. The summed E-state index contributed by atoms with van der Waals surface area (Å²) in [7, 11) is -0.366. The highest BCUT2D eigenvalue weighted by atomic mass is 16.7. The molecular formula is C38H33BO2. The maximum absolute atomic E-state index is 6.29. The minimum atomic E-state index is -0.366. The SMILES string of the molecule is CC1(C)OB(c2ccc(-c3ccc4c(-c5ccccc5)c5ccccc5c(-c5ccccc5)c4c3)cc2)OC1(C)C. The normalized spacial score (nSPS) is 16.0. The van der Waals surface area contributed by atoms with E-state index in [0.29, 0.717) is 0 Å². The van der Waals surface area contributed by atoms with Crippen LogP contribution in [0.5, 0.6) is 0 Å². The van der Waals surface area contributed by atoms with Gasteiger partial charge in [-0.15, -0.1) is 0 Å². The van der Waals surface area contributed by atoms with Gasteiger partial charge in [0.1, 0.15) is 0 Å². The van der Waals surface area contributed by atoms with E-state index in [1.165, 1.54) is 54.9 Å². The highest BCUT2D eigenvalue weighted by molar-refractivity contribution is 6.62. The van der Waals surface area contributed by atoms with Crippen LogP contribution in [0, 0.1) is 0 Å². The van der Waals surface area contributed by atoms with Crippen LogP contribution in [-0.4, -0.2) is 18.3 Å². The van der Waals surface area contributed by atoms with Gasteiger partial charge in [0.2, 0.25) is 0 Å². The van der Waals surface area contributed by atoms with E-state index < -0.39 is 0 Å². The zero-order valence-electron chi connectivity index (χ0n) is 24.0. The Morgan fingerprint density at radius 1 is 0.415 bits per heavy atom. The van der Waals surface area contributed by atoms with Gasteiger partial charge in [-0.1, -0.05) is 121 Å². The third-order valence-electron chi connectivity index (χ3n) is 8.92. The second kappa shape index (κ2) is 9.73. The largest absolute Gasteiger partial charge is 0.494 e. The van der Waals surface area contributed by atoms with Gasteiger partial charge in [-0.25, -0.2) is 0 Å². The predicted molar refractivity (Wildman–Crippen MR) is 173 cm³/mol. The summed E-state index contributed by atoms with van der Waals surface area (Å²) in [4.78, 5) is 0. The Morgan fingerprint density at radius 2 is 0.854 bits per heavy atom. The standard InChI is InChI=1S/C38H33BO2/c1-37(2)38(3,4)41-39(40-37)30-22-19-26(20-23-30)29-21-24-33-34(25-29)36(28-15-9-6-10-16-28)32-18-12-11-17-31(32)35(33)27-13-7-5-8-14-27/h5-25H,1-4H3. The second-order valence-corrected chi connectivity index (χ2v) is 12.0.